The fourth-order valence-corrected chi connectivity index (χ4v) is 1.43. The second-order valence-corrected chi connectivity index (χ2v) is 3.39. The lowest BCUT2D eigenvalue weighted by molar-refractivity contribution is -0.137. The molecule has 0 unspecified atom stereocenters. The van der Waals surface area contributed by atoms with Gasteiger partial charge in [-0.2, -0.15) is 13.2 Å². The van der Waals surface area contributed by atoms with Gasteiger partial charge in [-0.25, -0.2) is 4.68 Å². The number of alkyl halides is 3. The van der Waals surface area contributed by atoms with Gasteiger partial charge in [0, 0.05) is 6.54 Å². The number of hydrogen-bond acceptors (Lipinski definition) is 3. The fourth-order valence-electron chi connectivity index (χ4n) is 1.43. The molecule has 0 saturated heterocycles. The summed E-state index contributed by atoms with van der Waals surface area (Å²) in [5, 5.41) is 7.31. The molecule has 17 heavy (non-hydrogen) atoms. The second-order valence-electron chi connectivity index (χ2n) is 3.39. The molecule has 2 N–H and O–H groups in total. The number of nitrogens with zero attached hydrogens (tertiary/aromatic N) is 3. The van der Waals surface area contributed by atoms with Crippen LogP contribution in [-0.4, -0.2) is 15.0 Å². The van der Waals surface area contributed by atoms with E-state index in [0.717, 1.165) is 12.1 Å². The molecule has 1 aromatic heterocycles. The molecule has 1 heterocycles. The minimum absolute atomic E-state index is 0.156. The maximum Gasteiger partial charge on any atom is 0.416 e. The molecule has 2 rings (SSSR count). The topological polar surface area (TPSA) is 56.7 Å². The normalized spacial score (nSPS) is 11.8. The third-order valence-electron chi connectivity index (χ3n) is 2.25. The highest BCUT2D eigenvalue weighted by molar-refractivity contribution is 5.37. The fraction of sp³-hybridized carbons (Fsp3) is 0.200. The van der Waals surface area contributed by atoms with Gasteiger partial charge in [0.05, 0.1) is 23.1 Å². The average Bonchev–Trinajstić information content (AvgIpc) is 2.76. The van der Waals surface area contributed by atoms with Crippen molar-refractivity contribution in [3.63, 3.8) is 0 Å². The van der Waals surface area contributed by atoms with Crippen molar-refractivity contribution < 1.29 is 13.2 Å². The van der Waals surface area contributed by atoms with E-state index in [2.05, 4.69) is 10.3 Å². The molecule has 0 fully saturated rings. The van der Waals surface area contributed by atoms with Crippen molar-refractivity contribution in [2.45, 2.75) is 12.7 Å². The van der Waals surface area contributed by atoms with Gasteiger partial charge >= 0.3 is 6.18 Å². The van der Waals surface area contributed by atoms with Crippen molar-refractivity contribution in [3.05, 3.63) is 41.7 Å². The monoisotopic (exact) mass is 242 g/mol. The van der Waals surface area contributed by atoms with E-state index in [1.165, 1.54) is 23.0 Å². The zero-order valence-electron chi connectivity index (χ0n) is 8.65. The molecule has 0 radical (unpaired) electrons. The van der Waals surface area contributed by atoms with E-state index >= 15 is 0 Å². The third-order valence-corrected chi connectivity index (χ3v) is 2.25. The predicted octanol–water partition coefficient (Wildman–Crippen LogP) is 1.74. The Kier molecular flexibility index (Phi) is 2.84. The first kappa shape index (κ1) is 11.6. The zero-order valence-corrected chi connectivity index (χ0v) is 8.65. The van der Waals surface area contributed by atoms with E-state index in [1.807, 2.05) is 0 Å². The molecule has 0 aliphatic rings. The molecule has 0 saturated carbocycles. The number of aromatic nitrogens is 3. The summed E-state index contributed by atoms with van der Waals surface area (Å²) in [5.41, 5.74) is 5.54. The molecule has 7 heteroatoms. The lowest BCUT2D eigenvalue weighted by atomic mass is 10.2. The van der Waals surface area contributed by atoms with Crippen LogP contribution in [0, 0.1) is 0 Å². The highest BCUT2D eigenvalue weighted by atomic mass is 19.4. The Morgan fingerprint density at radius 2 is 2.06 bits per heavy atom. The third kappa shape index (κ3) is 2.28. The lowest BCUT2D eigenvalue weighted by Crippen LogP contribution is -2.09. The van der Waals surface area contributed by atoms with Crippen LogP contribution >= 0.6 is 0 Å². The summed E-state index contributed by atoms with van der Waals surface area (Å²) in [7, 11) is 0. The van der Waals surface area contributed by atoms with Crippen LogP contribution in [0.4, 0.5) is 13.2 Å². The molecular weight excluding hydrogens is 233 g/mol. The molecule has 0 spiro atoms. The van der Waals surface area contributed by atoms with Gasteiger partial charge in [0.2, 0.25) is 0 Å². The zero-order chi connectivity index (χ0) is 12.5. The van der Waals surface area contributed by atoms with Crippen LogP contribution in [0.2, 0.25) is 0 Å². The van der Waals surface area contributed by atoms with Crippen molar-refractivity contribution in [3.8, 4) is 5.69 Å². The number of benzene rings is 1. The van der Waals surface area contributed by atoms with Crippen molar-refractivity contribution in [2.24, 2.45) is 5.73 Å². The molecule has 4 nitrogen and oxygen atoms in total. The van der Waals surface area contributed by atoms with Gasteiger partial charge in [0.1, 0.15) is 0 Å². The Labute approximate surface area is 94.9 Å². The predicted molar refractivity (Wildman–Crippen MR) is 54.3 cm³/mol. The molecule has 0 aliphatic heterocycles. The Balaban J connectivity index is 2.47. The van der Waals surface area contributed by atoms with E-state index in [-0.39, 0.29) is 12.2 Å². The highest BCUT2D eigenvalue weighted by Gasteiger charge is 2.30. The maximum atomic E-state index is 12.5. The Bertz CT molecular complexity index is 518. The first-order chi connectivity index (χ1) is 8.02. The smallest absolute Gasteiger partial charge is 0.325 e. The Hall–Kier alpha value is -1.89. The molecule has 0 aliphatic carbocycles. The van der Waals surface area contributed by atoms with E-state index in [9.17, 15) is 13.2 Å². The van der Waals surface area contributed by atoms with Crippen LogP contribution in [0.1, 0.15) is 11.3 Å². The van der Waals surface area contributed by atoms with Crippen molar-refractivity contribution in [1.29, 1.82) is 0 Å². The summed E-state index contributed by atoms with van der Waals surface area (Å²) in [6.07, 6.45) is -2.96. The number of nitrogens with two attached hydrogens (primary N) is 1. The van der Waals surface area contributed by atoms with Crippen molar-refractivity contribution in [2.75, 3.05) is 0 Å². The lowest BCUT2D eigenvalue weighted by Gasteiger charge is -2.09. The first-order valence-corrected chi connectivity index (χ1v) is 4.79. The van der Waals surface area contributed by atoms with E-state index in [0.29, 0.717) is 5.69 Å². The maximum absolute atomic E-state index is 12.5. The molecule has 2 aromatic rings. The standard InChI is InChI=1S/C10H9F3N4/c11-10(12,13)7-2-1-3-8(4-7)17-9(5-14)6-15-16-17/h1-4,6H,5,14H2. The van der Waals surface area contributed by atoms with Crippen LogP contribution < -0.4 is 5.73 Å². The van der Waals surface area contributed by atoms with Gasteiger partial charge in [0.15, 0.2) is 0 Å². The summed E-state index contributed by atoms with van der Waals surface area (Å²) in [4.78, 5) is 0. The Morgan fingerprint density at radius 3 is 2.71 bits per heavy atom. The summed E-state index contributed by atoms with van der Waals surface area (Å²) in [5.74, 6) is 0. The van der Waals surface area contributed by atoms with Gasteiger partial charge in [-0.3, -0.25) is 0 Å². The minimum atomic E-state index is -4.38. The van der Waals surface area contributed by atoms with Crippen LogP contribution in [0.25, 0.3) is 5.69 Å². The molecular formula is C10H9F3N4. The van der Waals surface area contributed by atoms with Gasteiger partial charge in [-0.15, -0.1) is 5.10 Å². The second kappa shape index (κ2) is 4.17. The quantitative estimate of drug-likeness (QED) is 0.872. The Morgan fingerprint density at radius 1 is 1.29 bits per heavy atom. The van der Waals surface area contributed by atoms with Crippen LogP contribution in [0.3, 0.4) is 0 Å². The van der Waals surface area contributed by atoms with Gasteiger partial charge in [-0.05, 0) is 18.2 Å². The summed E-state index contributed by atoms with van der Waals surface area (Å²) in [6.45, 7) is 0.156. The number of halogens is 3. The molecule has 0 atom stereocenters. The average molecular weight is 242 g/mol. The summed E-state index contributed by atoms with van der Waals surface area (Å²) in [6, 6.07) is 4.85. The van der Waals surface area contributed by atoms with E-state index < -0.39 is 11.7 Å². The van der Waals surface area contributed by atoms with Crippen LogP contribution in [-0.2, 0) is 12.7 Å². The first-order valence-electron chi connectivity index (χ1n) is 4.79. The molecule has 0 amide bonds. The van der Waals surface area contributed by atoms with Gasteiger partial charge in [0.25, 0.3) is 0 Å². The van der Waals surface area contributed by atoms with E-state index in [1.54, 1.807) is 0 Å². The highest BCUT2D eigenvalue weighted by Crippen LogP contribution is 2.30. The largest absolute Gasteiger partial charge is 0.416 e. The molecule has 0 bridgehead atoms. The molecule has 1 aromatic carbocycles. The van der Waals surface area contributed by atoms with E-state index in [4.69, 9.17) is 5.73 Å². The summed E-state index contributed by atoms with van der Waals surface area (Å²) >= 11 is 0. The van der Waals surface area contributed by atoms with Crippen molar-refractivity contribution in [1.82, 2.24) is 15.0 Å². The van der Waals surface area contributed by atoms with Crippen molar-refractivity contribution >= 4 is 0 Å². The van der Waals surface area contributed by atoms with Gasteiger partial charge in [-0.1, -0.05) is 11.3 Å². The summed E-state index contributed by atoms with van der Waals surface area (Å²) < 4.78 is 38.9. The minimum Gasteiger partial charge on any atom is -0.325 e. The molecule has 90 valence electrons. The SMILES string of the molecule is NCc1cnnn1-c1cccc(C(F)(F)F)c1. The number of hydrogen-bond donors (Lipinski definition) is 1. The van der Waals surface area contributed by atoms with Gasteiger partial charge < -0.3 is 5.73 Å². The van der Waals surface area contributed by atoms with Crippen LogP contribution in [0.15, 0.2) is 30.5 Å². The van der Waals surface area contributed by atoms with Crippen LogP contribution in [0.5, 0.6) is 0 Å². The number of rotatable bonds is 2.